The van der Waals surface area contributed by atoms with E-state index < -0.39 is 0 Å². The van der Waals surface area contributed by atoms with Crippen molar-refractivity contribution in [1.82, 2.24) is 20.1 Å². The zero-order chi connectivity index (χ0) is 20.1. The summed E-state index contributed by atoms with van der Waals surface area (Å²) in [6, 6.07) is 0.516. The molecular formula is C21H34N4O2S. The fraction of sp³-hybridized carbons (Fsp3) is 0.762. The molecule has 2 amide bonds. The Labute approximate surface area is 172 Å². The van der Waals surface area contributed by atoms with E-state index in [-0.39, 0.29) is 11.8 Å². The standard InChI is InChI=1S/C21H34N4O2S/c1-4-24-11-5-6-18(24)14-22-19(26)8-7-17-9-12-25(13-10-17)21(27)20-15(2)23-16(3)28-20/h17-18H,4-14H2,1-3H3,(H,22,26). The van der Waals surface area contributed by atoms with Gasteiger partial charge in [-0.2, -0.15) is 0 Å². The molecule has 1 N–H and O–H groups in total. The van der Waals surface area contributed by atoms with E-state index in [0.717, 1.165) is 67.6 Å². The highest BCUT2D eigenvalue weighted by molar-refractivity contribution is 7.13. The predicted molar refractivity (Wildman–Crippen MR) is 113 cm³/mol. The number of likely N-dealkylation sites (N-methyl/N-ethyl adjacent to an activating group) is 1. The first-order valence-electron chi connectivity index (χ1n) is 10.7. The molecule has 0 spiro atoms. The molecule has 0 radical (unpaired) electrons. The minimum absolute atomic E-state index is 0.122. The van der Waals surface area contributed by atoms with Gasteiger partial charge in [-0.3, -0.25) is 14.5 Å². The van der Waals surface area contributed by atoms with Crippen molar-refractivity contribution in [2.24, 2.45) is 5.92 Å². The first-order chi connectivity index (χ1) is 13.5. The zero-order valence-corrected chi connectivity index (χ0v) is 18.3. The van der Waals surface area contributed by atoms with Crippen molar-refractivity contribution in [1.29, 1.82) is 0 Å². The Morgan fingerprint density at radius 1 is 1.18 bits per heavy atom. The second-order valence-corrected chi connectivity index (χ2v) is 9.35. The molecule has 2 fully saturated rings. The number of nitrogens with zero attached hydrogens (tertiary/aromatic N) is 3. The van der Waals surface area contributed by atoms with Crippen molar-refractivity contribution in [2.45, 2.75) is 65.3 Å². The summed E-state index contributed by atoms with van der Waals surface area (Å²) < 4.78 is 0. The predicted octanol–water partition coefficient (Wildman–Crippen LogP) is 2.99. The first-order valence-corrected chi connectivity index (χ1v) is 11.5. The van der Waals surface area contributed by atoms with Crippen LogP contribution < -0.4 is 5.32 Å². The average Bonchev–Trinajstić information content (AvgIpc) is 3.29. The van der Waals surface area contributed by atoms with Gasteiger partial charge in [-0.15, -0.1) is 11.3 Å². The fourth-order valence-electron chi connectivity index (χ4n) is 4.50. The minimum Gasteiger partial charge on any atom is -0.355 e. The van der Waals surface area contributed by atoms with Crippen molar-refractivity contribution in [3.8, 4) is 0 Å². The molecule has 1 aromatic heterocycles. The van der Waals surface area contributed by atoms with Gasteiger partial charge in [0.25, 0.3) is 5.91 Å². The van der Waals surface area contributed by atoms with Gasteiger partial charge in [0.15, 0.2) is 0 Å². The molecule has 3 rings (SSSR count). The Bertz CT molecular complexity index is 682. The van der Waals surface area contributed by atoms with Crippen LogP contribution >= 0.6 is 11.3 Å². The van der Waals surface area contributed by atoms with Crippen molar-refractivity contribution in [3.05, 3.63) is 15.6 Å². The molecule has 3 heterocycles. The van der Waals surface area contributed by atoms with E-state index in [0.29, 0.717) is 18.4 Å². The summed E-state index contributed by atoms with van der Waals surface area (Å²) in [5.74, 6) is 0.839. The molecule has 0 saturated carbocycles. The van der Waals surface area contributed by atoms with Crippen LogP contribution in [0.2, 0.25) is 0 Å². The highest BCUT2D eigenvalue weighted by Gasteiger charge is 2.27. The first kappa shape index (κ1) is 21.2. The number of piperidine rings is 1. The molecule has 156 valence electrons. The number of carbonyl (C=O) groups excluding carboxylic acids is 2. The number of amides is 2. The Kier molecular flexibility index (Phi) is 7.46. The molecule has 2 aliphatic heterocycles. The van der Waals surface area contributed by atoms with Gasteiger partial charge in [-0.1, -0.05) is 6.92 Å². The van der Waals surface area contributed by atoms with Crippen LogP contribution in [-0.4, -0.2) is 65.4 Å². The summed E-state index contributed by atoms with van der Waals surface area (Å²) in [5, 5.41) is 4.08. The Hall–Kier alpha value is -1.47. The fourth-order valence-corrected chi connectivity index (χ4v) is 5.38. The van der Waals surface area contributed by atoms with Crippen LogP contribution in [0.4, 0.5) is 0 Å². The van der Waals surface area contributed by atoms with E-state index in [9.17, 15) is 9.59 Å². The van der Waals surface area contributed by atoms with Crippen LogP contribution in [0.1, 0.15) is 65.8 Å². The summed E-state index contributed by atoms with van der Waals surface area (Å²) in [6.45, 7) is 10.6. The number of thiazole rings is 1. The van der Waals surface area contributed by atoms with Gasteiger partial charge >= 0.3 is 0 Å². The van der Waals surface area contributed by atoms with Gasteiger partial charge in [-0.25, -0.2) is 4.98 Å². The van der Waals surface area contributed by atoms with E-state index in [1.54, 1.807) is 0 Å². The third-order valence-corrected chi connectivity index (χ3v) is 7.28. The molecular weight excluding hydrogens is 372 g/mol. The van der Waals surface area contributed by atoms with Gasteiger partial charge in [-0.05, 0) is 65.0 Å². The molecule has 28 heavy (non-hydrogen) atoms. The quantitative estimate of drug-likeness (QED) is 0.756. The monoisotopic (exact) mass is 406 g/mol. The summed E-state index contributed by atoms with van der Waals surface area (Å²) in [5.41, 5.74) is 0.843. The van der Waals surface area contributed by atoms with Gasteiger partial charge < -0.3 is 10.2 Å². The number of rotatable bonds is 7. The summed E-state index contributed by atoms with van der Waals surface area (Å²) >= 11 is 1.49. The number of carbonyl (C=O) groups is 2. The van der Waals surface area contributed by atoms with E-state index in [1.165, 1.54) is 24.2 Å². The highest BCUT2D eigenvalue weighted by atomic mass is 32.1. The van der Waals surface area contributed by atoms with E-state index in [1.807, 2.05) is 18.7 Å². The average molecular weight is 407 g/mol. The highest BCUT2D eigenvalue weighted by Crippen LogP contribution is 2.25. The number of nitrogens with one attached hydrogen (secondary N) is 1. The lowest BCUT2D eigenvalue weighted by molar-refractivity contribution is -0.121. The number of aryl methyl sites for hydroxylation is 2. The van der Waals surface area contributed by atoms with Crippen LogP contribution in [0.25, 0.3) is 0 Å². The van der Waals surface area contributed by atoms with E-state index >= 15 is 0 Å². The van der Waals surface area contributed by atoms with Crippen molar-refractivity contribution < 1.29 is 9.59 Å². The van der Waals surface area contributed by atoms with Gasteiger partial charge in [0.1, 0.15) is 4.88 Å². The van der Waals surface area contributed by atoms with E-state index in [2.05, 4.69) is 22.1 Å². The van der Waals surface area contributed by atoms with Crippen molar-refractivity contribution in [3.63, 3.8) is 0 Å². The molecule has 2 aliphatic rings. The van der Waals surface area contributed by atoms with Crippen LogP contribution in [0, 0.1) is 19.8 Å². The number of hydrogen-bond acceptors (Lipinski definition) is 5. The number of aromatic nitrogens is 1. The van der Waals surface area contributed by atoms with Crippen LogP contribution in [-0.2, 0) is 4.79 Å². The maximum Gasteiger partial charge on any atom is 0.265 e. The number of likely N-dealkylation sites (tertiary alicyclic amines) is 2. The summed E-state index contributed by atoms with van der Waals surface area (Å²) in [6.07, 6.45) is 5.94. The largest absolute Gasteiger partial charge is 0.355 e. The molecule has 0 aliphatic carbocycles. The van der Waals surface area contributed by atoms with Crippen LogP contribution in [0.15, 0.2) is 0 Å². The van der Waals surface area contributed by atoms with Crippen LogP contribution in [0.5, 0.6) is 0 Å². The van der Waals surface area contributed by atoms with Gasteiger partial charge in [0, 0.05) is 32.1 Å². The topological polar surface area (TPSA) is 65.5 Å². The maximum absolute atomic E-state index is 12.7. The maximum atomic E-state index is 12.7. The smallest absolute Gasteiger partial charge is 0.265 e. The number of hydrogen-bond donors (Lipinski definition) is 1. The zero-order valence-electron chi connectivity index (χ0n) is 17.5. The third kappa shape index (κ3) is 5.32. The van der Waals surface area contributed by atoms with Gasteiger partial charge in [0.05, 0.1) is 10.7 Å². The third-order valence-electron chi connectivity index (χ3n) is 6.22. The lowest BCUT2D eigenvalue weighted by Crippen LogP contribution is -2.40. The second kappa shape index (κ2) is 9.83. The molecule has 7 heteroatoms. The Balaban J connectivity index is 1.35. The lowest BCUT2D eigenvalue weighted by Gasteiger charge is -2.31. The Morgan fingerprint density at radius 3 is 2.57 bits per heavy atom. The normalized spacial score (nSPS) is 21.2. The van der Waals surface area contributed by atoms with Crippen molar-refractivity contribution >= 4 is 23.2 Å². The summed E-state index contributed by atoms with van der Waals surface area (Å²) in [7, 11) is 0. The van der Waals surface area contributed by atoms with Crippen LogP contribution in [0.3, 0.4) is 0 Å². The molecule has 1 atom stereocenters. The van der Waals surface area contributed by atoms with E-state index in [4.69, 9.17) is 0 Å². The molecule has 2 saturated heterocycles. The molecule has 1 unspecified atom stereocenters. The van der Waals surface area contributed by atoms with Gasteiger partial charge in [0.2, 0.25) is 5.91 Å². The molecule has 0 bridgehead atoms. The summed E-state index contributed by atoms with van der Waals surface area (Å²) in [4.78, 5) is 34.5. The second-order valence-electron chi connectivity index (χ2n) is 8.15. The Morgan fingerprint density at radius 2 is 1.93 bits per heavy atom. The minimum atomic E-state index is 0.122. The molecule has 1 aromatic rings. The lowest BCUT2D eigenvalue weighted by atomic mass is 9.92. The SMILES string of the molecule is CCN1CCCC1CNC(=O)CCC1CCN(C(=O)c2sc(C)nc2C)CC1. The van der Waals surface area contributed by atoms with Crippen molar-refractivity contribution in [2.75, 3.05) is 32.7 Å². The molecule has 6 nitrogen and oxygen atoms in total. The molecule has 0 aromatic carbocycles.